The number of methoxy groups -OCH3 is 1. The summed E-state index contributed by atoms with van der Waals surface area (Å²) in [6.07, 6.45) is 0.251. The number of hydrogen-bond acceptors (Lipinski definition) is 3. The van der Waals surface area contributed by atoms with E-state index in [0.29, 0.717) is 13.0 Å². The Balaban J connectivity index is 1.77. The molecule has 0 unspecified atom stereocenters. The average molecular weight is 364 g/mol. The molecule has 0 saturated heterocycles. The Morgan fingerprint density at radius 3 is 2.64 bits per heavy atom. The van der Waals surface area contributed by atoms with Gasteiger partial charge in [0.25, 0.3) is 0 Å². The van der Waals surface area contributed by atoms with Crippen molar-refractivity contribution in [3.63, 3.8) is 0 Å². The van der Waals surface area contributed by atoms with Crippen LogP contribution in [0, 0.1) is 0 Å². The monoisotopic (exact) mass is 363 g/mol. The van der Waals surface area contributed by atoms with Crippen molar-refractivity contribution in [2.75, 3.05) is 13.7 Å². The zero-order valence-electron chi connectivity index (χ0n) is 12.3. The van der Waals surface area contributed by atoms with Crippen LogP contribution in [0.2, 0.25) is 0 Å². The lowest BCUT2D eigenvalue weighted by molar-refractivity contribution is 0.140. The smallest absolute Gasteiger partial charge is 0.407 e. The summed E-state index contributed by atoms with van der Waals surface area (Å²) in [7, 11) is 1.63. The molecule has 0 bridgehead atoms. The first-order valence-electron chi connectivity index (χ1n) is 6.96. The van der Waals surface area contributed by atoms with Crippen LogP contribution >= 0.6 is 15.9 Å². The maximum absolute atomic E-state index is 11.7. The van der Waals surface area contributed by atoms with Crippen LogP contribution in [0.5, 0.6) is 5.75 Å². The second-order valence-corrected chi connectivity index (χ2v) is 5.53. The van der Waals surface area contributed by atoms with Crippen LogP contribution in [0.25, 0.3) is 0 Å². The van der Waals surface area contributed by atoms with E-state index in [2.05, 4.69) is 21.2 Å². The summed E-state index contributed by atoms with van der Waals surface area (Å²) in [4.78, 5) is 11.7. The van der Waals surface area contributed by atoms with Gasteiger partial charge >= 0.3 is 6.09 Å². The third-order valence-corrected chi connectivity index (χ3v) is 3.75. The summed E-state index contributed by atoms with van der Waals surface area (Å²) in [5, 5.41) is 2.74. The van der Waals surface area contributed by atoms with Gasteiger partial charge in [0, 0.05) is 6.54 Å². The Hall–Kier alpha value is -2.01. The maximum Gasteiger partial charge on any atom is 0.407 e. The summed E-state index contributed by atoms with van der Waals surface area (Å²) in [6, 6.07) is 15.4. The maximum atomic E-state index is 11.7. The highest BCUT2D eigenvalue weighted by Crippen LogP contribution is 2.28. The first-order chi connectivity index (χ1) is 10.7. The van der Waals surface area contributed by atoms with E-state index in [1.807, 2.05) is 48.5 Å². The zero-order chi connectivity index (χ0) is 15.8. The molecule has 2 aromatic carbocycles. The molecule has 0 heterocycles. The van der Waals surface area contributed by atoms with Crippen molar-refractivity contribution < 1.29 is 14.3 Å². The molecule has 4 nitrogen and oxygen atoms in total. The Morgan fingerprint density at radius 2 is 1.91 bits per heavy atom. The van der Waals surface area contributed by atoms with Crippen molar-refractivity contribution in [1.82, 2.24) is 5.32 Å². The molecule has 2 rings (SSSR count). The van der Waals surface area contributed by atoms with Gasteiger partial charge in [-0.05, 0) is 39.5 Å². The highest BCUT2D eigenvalue weighted by molar-refractivity contribution is 9.10. The molecule has 0 aliphatic carbocycles. The fraction of sp³-hybridized carbons (Fsp3) is 0.235. The van der Waals surface area contributed by atoms with Crippen molar-refractivity contribution in [3.8, 4) is 5.75 Å². The lowest BCUT2D eigenvalue weighted by Crippen LogP contribution is -2.26. The quantitative estimate of drug-likeness (QED) is 0.845. The highest BCUT2D eigenvalue weighted by Gasteiger charge is 2.08. The van der Waals surface area contributed by atoms with Crippen LogP contribution in [0.4, 0.5) is 4.79 Å². The van der Waals surface area contributed by atoms with E-state index in [1.165, 1.54) is 0 Å². The SMILES string of the molecule is COc1c(Br)cccc1CCNC(=O)OCc1ccccc1. The van der Waals surface area contributed by atoms with E-state index in [1.54, 1.807) is 7.11 Å². The second kappa shape index (κ2) is 8.44. The van der Waals surface area contributed by atoms with Gasteiger partial charge in [0.1, 0.15) is 12.4 Å². The van der Waals surface area contributed by atoms with Gasteiger partial charge in [0.05, 0.1) is 11.6 Å². The molecule has 0 fully saturated rings. The predicted octanol–water partition coefficient (Wildman–Crippen LogP) is 3.93. The number of para-hydroxylation sites is 1. The van der Waals surface area contributed by atoms with E-state index in [4.69, 9.17) is 9.47 Å². The first kappa shape index (κ1) is 16.4. The van der Waals surface area contributed by atoms with Crippen LogP contribution in [-0.2, 0) is 17.8 Å². The van der Waals surface area contributed by atoms with Gasteiger partial charge < -0.3 is 14.8 Å². The molecule has 2 aromatic rings. The number of halogens is 1. The zero-order valence-corrected chi connectivity index (χ0v) is 13.9. The van der Waals surface area contributed by atoms with Crippen molar-refractivity contribution in [1.29, 1.82) is 0 Å². The Bertz CT molecular complexity index is 617. The van der Waals surface area contributed by atoms with E-state index in [0.717, 1.165) is 21.3 Å². The van der Waals surface area contributed by atoms with Crippen LogP contribution in [0.3, 0.4) is 0 Å². The van der Waals surface area contributed by atoms with E-state index >= 15 is 0 Å². The molecule has 1 N–H and O–H groups in total. The molecule has 0 saturated carbocycles. The minimum Gasteiger partial charge on any atom is -0.495 e. The van der Waals surface area contributed by atoms with Crippen LogP contribution in [0.15, 0.2) is 53.0 Å². The first-order valence-corrected chi connectivity index (χ1v) is 7.76. The van der Waals surface area contributed by atoms with Gasteiger partial charge in [-0.3, -0.25) is 0 Å². The third kappa shape index (κ3) is 4.77. The van der Waals surface area contributed by atoms with Crippen molar-refractivity contribution >= 4 is 22.0 Å². The van der Waals surface area contributed by atoms with Crippen molar-refractivity contribution in [3.05, 3.63) is 64.1 Å². The third-order valence-electron chi connectivity index (χ3n) is 3.13. The molecule has 0 atom stereocenters. The lowest BCUT2D eigenvalue weighted by Gasteiger charge is -2.11. The average Bonchev–Trinajstić information content (AvgIpc) is 2.54. The summed E-state index contributed by atoms with van der Waals surface area (Å²) >= 11 is 3.44. The normalized spacial score (nSPS) is 10.1. The molecule has 116 valence electrons. The lowest BCUT2D eigenvalue weighted by atomic mass is 10.1. The number of hydrogen-bond donors (Lipinski definition) is 1. The Morgan fingerprint density at radius 1 is 1.14 bits per heavy atom. The van der Waals surface area contributed by atoms with E-state index in [-0.39, 0.29) is 6.61 Å². The molecular weight excluding hydrogens is 346 g/mol. The number of rotatable bonds is 6. The van der Waals surface area contributed by atoms with Gasteiger partial charge in [0.2, 0.25) is 0 Å². The Labute approximate surface area is 138 Å². The molecular formula is C17H18BrNO3. The van der Waals surface area contributed by atoms with Crippen LogP contribution < -0.4 is 10.1 Å². The number of nitrogens with one attached hydrogen (secondary N) is 1. The van der Waals surface area contributed by atoms with Crippen molar-refractivity contribution in [2.45, 2.75) is 13.0 Å². The largest absolute Gasteiger partial charge is 0.495 e. The number of carbonyl (C=O) groups is 1. The van der Waals surface area contributed by atoms with Crippen molar-refractivity contribution in [2.24, 2.45) is 0 Å². The van der Waals surface area contributed by atoms with Gasteiger partial charge in [-0.2, -0.15) is 0 Å². The topological polar surface area (TPSA) is 47.6 Å². The summed E-state index contributed by atoms with van der Waals surface area (Å²) < 4.78 is 11.4. The molecule has 0 aromatic heterocycles. The summed E-state index contributed by atoms with van der Waals surface area (Å²) in [5.41, 5.74) is 1.99. The summed E-state index contributed by atoms with van der Waals surface area (Å²) in [5.74, 6) is 0.793. The minimum atomic E-state index is -0.419. The minimum absolute atomic E-state index is 0.271. The number of alkyl carbamates (subject to hydrolysis) is 1. The standard InChI is InChI=1S/C17H18BrNO3/c1-21-16-14(8-5-9-15(16)18)10-11-19-17(20)22-12-13-6-3-2-4-7-13/h2-9H,10-12H2,1H3,(H,19,20). The predicted molar refractivity (Wildman–Crippen MR) is 89.0 cm³/mol. The van der Waals surface area contributed by atoms with Crippen LogP contribution in [-0.4, -0.2) is 19.7 Å². The number of amides is 1. The number of ether oxygens (including phenoxy) is 2. The van der Waals surface area contributed by atoms with Gasteiger partial charge in [-0.15, -0.1) is 0 Å². The highest BCUT2D eigenvalue weighted by atomic mass is 79.9. The Kier molecular flexibility index (Phi) is 6.27. The summed E-state index contributed by atoms with van der Waals surface area (Å²) in [6.45, 7) is 0.757. The fourth-order valence-electron chi connectivity index (χ4n) is 2.05. The molecule has 22 heavy (non-hydrogen) atoms. The number of benzene rings is 2. The molecule has 0 radical (unpaired) electrons. The second-order valence-electron chi connectivity index (χ2n) is 4.67. The molecule has 0 spiro atoms. The van der Waals surface area contributed by atoms with Gasteiger partial charge in [-0.1, -0.05) is 42.5 Å². The molecule has 1 amide bonds. The van der Waals surface area contributed by atoms with E-state index < -0.39 is 6.09 Å². The van der Waals surface area contributed by atoms with Crippen LogP contribution in [0.1, 0.15) is 11.1 Å². The fourth-order valence-corrected chi connectivity index (χ4v) is 2.62. The number of carbonyl (C=O) groups excluding carboxylic acids is 1. The van der Waals surface area contributed by atoms with Gasteiger partial charge in [0.15, 0.2) is 0 Å². The van der Waals surface area contributed by atoms with E-state index in [9.17, 15) is 4.79 Å². The van der Waals surface area contributed by atoms with Gasteiger partial charge in [-0.25, -0.2) is 4.79 Å². The molecule has 5 heteroatoms. The molecule has 0 aliphatic rings. The molecule has 0 aliphatic heterocycles.